The normalized spacial score (nSPS) is 10.2. The Bertz CT molecular complexity index is 797. The lowest BCUT2D eigenvalue weighted by atomic mass is 10.1. The SMILES string of the molecule is CCc1ccc(NC(=S)NNc2nc(-c3ccccc3)cs2)cc1. The smallest absolute Gasteiger partial charge is 0.202 e. The van der Waals surface area contributed by atoms with Gasteiger partial charge in [-0.05, 0) is 36.3 Å². The first-order valence-corrected chi connectivity index (χ1v) is 8.96. The molecule has 24 heavy (non-hydrogen) atoms. The van der Waals surface area contributed by atoms with E-state index < -0.39 is 0 Å². The minimum absolute atomic E-state index is 0.496. The van der Waals surface area contributed by atoms with Crippen LogP contribution in [-0.4, -0.2) is 10.1 Å². The van der Waals surface area contributed by atoms with Crippen LogP contribution in [0.3, 0.4) is 0 Å². The zero-order valence-corrected chi connectivity index (χ0v) is 14.9. The number of aryl methyl sites for hydroxylation is 1. The maximum atomic E-state index is 5.29. The van der Waals surface area contributed by atoms with E-state index in [1.54, 1.807) is 0 Å². The molecule has 0 atom stereocenters. The van der Waals surface area contributed by atoms with Crippen LogP contribution in [0.5, 0.6) is 0 Å². The fourth-order valence-corrected chi connectivity index (χ4v) is 3.01. The molecule has 3 aromatic rings. The zero-order valence-electron chi connectivity index (χ0n) is 13.2. The van der Waals surface area contributed by atoms with Gasteiger partial charge >= 0.3 is 0 Å². The summed E-state index contributed by atoms with van der Waals surface area (Å²) in [7, 11) is 0. The van der Waals surface area contributed by atoms with Gasteiger partial charge in [0.15, 0.2) is 5.11 Å². The predicted molar refractivity (Wildman–Crippen MR) is 106 cm³/mol. The average molecular weight is 355 g/mol. The number of thiazole rings is 1. The second-order valence-electron chi connectivity index (χ2n) is 5.16. The van der Waals surface area contributed by atoms with Gasteiger partial charge in [0, 0.05) is 16.6 Å². The van der Waals surface area contributed by atoms with Gasteiger partial charge in [0.25, 0.3) is 0 Å². The molecular formula is C18H18N4S2. The first-order chi connectivity index (χ1) is 11.7. The van der Waals surface area contributed by atoms with E-state index in [4.69, 9.17) is 12.2 Å². The van der Waals surface area contributed by atoms with Crippen molar-refractivity contribution in [2.75, 3.05) is 10.7 Å². The van der Waals surface area contributed by atoms with Gasteiger partial charge in [-0.1, -0.05) is 49.4 Å². The van der Waals surface area contributed by atoms with Crippen molar-refractivity contribution in [3.05, 3.63) is 65.5 Å². The molecule has 0 aliphatic heterocycles. The second kappa shape index (κ2) is 7.90. The van der Waals surface area contributed by atoms with Gasteiger partial charge in [-0.2, -0.15) is 0 Å². The van der Waals surface area contributed by atoms with Crippen molar-refractivity contribution in [3.8, 4) is 11.3 Å². The minimum Gasteiger partial charge on any atom is -0.331 e. The molecule has 4 nitrogen and oxygen atoms in total. The van der Waals surface area contributed by atoms with Crippen molar-refractivity contribution in [2.24, 2.45) is 0 Å². The van der Waals surface area contributed by atoms with Crippen molar-refractivity contribution in [2.45, 2.75) is 13.3 Å². The summed E-state index contributed by atoms with van der Waals surface area (Å²) in [6.07, 6.45) is 1.03. The Hall–Kier alpha value is -2.44. The van der Waals surface area contributed by atoms with Crippen molar-refractivity contribution in [3.63, 3.8) is 0 Å². The molecule has 0 saturated heterocycles. The van der Waals surface area contributed by atoms with Gasteiger partial charge in [-0.25, -0.2) is 4.98 Å². The number of benzene rings is 2. The molecule has 0 amide bonds. The quantitative estimate of drug-likeness (QED) is 0.458. The monoisotopic (exact) mass is 354 g/mol. The molecule has 0 aliphatic carbocycles. The van der Waals surface area contributed by atoms with Gasteiger partial charge < -0.3 is 5.32 Å². The van der Waals surface area contributed by atoms with Crippen molar-refractivity contribution in [1.29, 1.82) is 0 Å². The highest BCUT2D eigenvalue weighted by Crippen LogP contribution is 2.24. The third-order valence-corrected chi connectivity index (χ3v) is 4.44. The van der Waals surface area contributed by atoms with Gasteiger partial charge in [-0.15, -0.1) is 11.3 Å². The Morgan fingerprint density at radius 1 is 1.08 bits per heavy atom. The van der Waals surface area contributed by atoms with Crippen LogP contribution in [0, 0.1) is 0 Å². The van der Waals surface area contributed by atoms with Crippen LogP contribution in [0.4, 0.5) is 10.8 Å². The number of hydrogen-bond acceptors (Lipinski definition) is 4. The summed E-state index contributed by atoms with van der Waals surface area (Å²) in [6, 6.07) is 18.3. The van der Waals surface area contributed by atoms with Gasteiger partial charge in [-0.3, -0.25) is 10.9 Å². The molecule has 0 unspecified atom stereocenters. The Balaban J connectivity index is 1.53. The Morgan fingerprint density at radius 3 is 2.54 bits per heavy atom. The highest BCUT2D eigenvalue weighted by Gasteiger charge is 2.04. The molecular weight excluding hydrogens is 336 g/mol. The standard InChI is InChI=1S/C18H18N4S2/c1-2-13-8-10-15(11-9-13)19-17(23)21-22-18-20-16(12-24-18)14-6-4-3-5-7-14/h3-12H,2H2,1H3,(H,20,22)(H2,19,21,23). The molecule has 0 radical (unpaired) electrons. The van der Waals surface area contributed by atoms with E-state index in [0.29, 0.717) is 5.11 Å². The van der Waals surface area contributed by atoms with E-state index in [0.717, 1.165) is 28.5 Å². The molecule has 122 valence electrons. The van der Waals surface area contributed by atoms with E-state index in [-0.39, 0.29) is 0 Å². The number of nitrogens with zero attached hydrogens (tertiary/aromatic N) is 1. The number of hydrogen-bond donors (Lipinski definition) is 3. The summed E-state index contributed by atoms with van der Waals surface area (Å²) in [5, 5.41) is 6.41. The third kappa shape index (κ3) is 4.31. The van der Waals surface area contributed by atoms with Gasteiger partial charge in [0.05, 0.1) is 5.69 Å². The summed E-state index contributed by atoms with van der Waals surface area (Å²) in [5.41, 5.74) is 10.3. The van der Waals surface area contributed by atoms with E-state index in [9.17, 15) is 0 Å². The molecule has 0 fully saturated rings. The molecule has 1 aromatic heterocycles. The van der Waals surface area contributed by atoms with Crippen molar-refractivity contribution in [1.82, 2.24) is 10.4 Å². The maximum Gasteiger partial charge on any atom is 0.202 e. The van der Waals surface area contributed by atoms with Crippen LogP contribution in [0.1, 0.15) is 12.5 Å². The van der Waals surface area contributed by atoms with Crippen LogP contribution in [0.15, 0.2) is 60.0 Å². The van der Waals surface area contributed by atoms with Crippen LogP contribution in [-0.2, 0) is 6.42 Å². The number of aromatic nitrogens is 1. The lowest BCUT2D eigenvalue weighted by molar-refractivity contribution is 1.12. The van der Waals surface area contributed by atoms with E-state index in [2.05, 4.69) is 40.2 Å². The average Bonchev–Trinajstić information content (AvgIpc) is 3.10. The lowest BCUT2D eigenvalue weighted by Crippen LogP contribution is -2.33. The number of rotatable bonds is 5. The van der Waals surface area contributed by atoms with E-state index in [1.165, 1.54) is 16.9 Å². The van der Waals surface area contributed by atoms with Crippen molar-refractivity contribution >= 4 is 39.5 Å². The molecule has 0 bridgehead atoms. The van der Waals surface area contributed by atoms with E-state index in [1.807, 2.05) is 47.8 Å². The predicted octanol–water partition coefficient (Wildman–Crippen LogP) is 4.69. The van der Waals surface area contributed by atoms with Crippen LogP contribution in [0.25, 0.3) is 11.3 Å². The van der Waals surface area contributed by atoms with Gasteiger partial charge in [0.1, 0.15) is 0 Å². The summed E-state index contributed by atoms with van der Waals surface area (Å²) in [5.74, 6) is 0. The van der Waals surface area contributed by atoms with Gasteiger partial charge in [0.2, 0.25) is 5.13 Å². The molecule has 0 aliphatic rings. The van der Waals surface area contributed by atoms with Crippen LogP contribution < -0.4 is 16.2 Å². The number of thiocarbonyl (C=S) groups is 1. The summed E-state index contributed by atoms with van der Waals surface area (Å²) in [6.45, 7) is 2.14. The molecule has 0 spiro atoms. The largest absolute Gasteiger partial charge is 0.331 e. The summed E-state index contributed by atoms with van der Waals surface area (Å²) < 4.78 is 0. The van der Waals surface area contributed by atoms with Crippen LogP contribution in [0.2, 0.25) is 0 Å². The molecule has 6 heteroatoms. The summed E-state index contributed by atoms with van der Waals surface area (Å²) >= 11 is 6.81. The molecule has 3 rings (SSSR count). The number of hydrazine groups is 1. The molecule has 2 aromatic carbocycles. The van der Waals surface area contributed by atoms with E-state index >= 15 is 0 Å². The first kappa shape index (κ1) is 16.4. The minimum atomic E-state index is 0.496. The van der Waals surface area contributed by atoms with Crippen molar-refractivity contribution < 1.29 is 0 Å². The number of anilines is 2. The molecule has 0 saturated carbocycles. The fraction of sp³-hybridized carbons (Fsp3) is 0.111. The maximum absolute atomic E-state index is 5.29. The summed E-state index contributed by atoms with van der Waals surface area (Å²) in [4.78, 5) is 4.54. The van der Waals surface area contributed by atoms with Crippen LogP contribution >= 0.6 is 23.6 Å². The number of nitrogens with one attached hydrogen (secondary N) is 3. The molecule has 1 heterocycles. The first-order valence-electron chi connectivity index (χ1n) is 7.67. The fourth-order valence-electron chi connectivity index (χ4n) is 2.17. The highest BCUT2D eigenvalue weighted by atomic mass is 32.1. The highest BCUT2D eigenvalue weighted by molar-refractivity contribution is 7.80. The molecule has 3 N–H and O–H groups in total. The topological polar surface area (TPSA) is 49.0 Å². The Kier molecular flexibility index (Phi) is 5.40. The Labute approximate surface area is 150 Å². The third-order valence-electron chi connectivity index (χ3n) is 3.48. The zero-order chi connectivity index (χ0) is 16.8. The lowest BCUT2D eigenvalue weighted by Gasteiger charge is -2.11. The second-order valence-corrected chi connectivity index (χ2v) is 6.42. The Morgan fingerprint density at radius 2 is 1.83 bits per heavy atom.